The van der Waals surface area contributed by atoms with Gasteiger partial charge in [0.05, 0.1) is 0 Å². The van der Waals surface area contributed by atoms with E-state index in [0.29, 0.717) is 25.3 Å². The quantitative estimate of drug-likeness (QED) is 0.0163. The number of aromatic nitrogens is 5. The average molecular weight is 1670 g/mol. The Bertz CT molecular complexity index is 4460. The number of ketones is 2. The molecule has 0 radical (unpaired) electrons. The molecule has 0 bridgehead atoms. The van der Waals surface area contributed by atoms with Gasteiger partial charge in [-0.05, 0) is 223 Å². The van der Waals surface area contributed by atoms with E-state index < -0.39 is 5.60 Å². The number of nitrogens with one attached hydrogen (secondary N) is 1. The normalized spacial score (nSPS) is 11.9. The molecule has 15 nitrogen and oxygen atoms in total. The van der Waals surface area contributed by atoms with Crippen LogP contribution in [0.2, 0.25) is 0 Å². The van der Waals surface area contributed by atoms with Crippen molar-refractivity contribution in [1.29, 1.82) is 0 Å². The minimum Gasteiger partial charge on any atom is -1.00 e. The number of Topliss-reactive ketones (excluding diaryl/α,β-unsaturated/α-hetero) is 1. The third-order valence-corrected chi connectivity index (χ3v) is 18.6. The maximum atomic E-state index is 12.2. The van der Waals surface area contributed by atoms with E-state index in [1.807, 2.05) is 153 Å². The summed E-state index contributed by atoms with van der Waals surface area (Å²) in [6.45, 7) is 36.8. The molecule has 6 atom stereocenters. The van der Waals surface area contributed by atoms with Crippen molar-refractivity contribution in [2.75, 3.05) is 13.2 Å². The summed E-state index contributed by atoms with van der Waals surface area (Å²) >= 11 is 3.28. The minimum absolute atomic E-state index is 0. The first-order chi connectivity index (χ1) is 55.7. The third kappa shape index (κ3) is 46.1. The van der Waals surface area contributed by atoms with E-state index in [-0.39, 0.29) is 117 Å². The Hall–Kier alpha value is -8.67. The molecule has 0 fully saturated rings. The fourth-order valence-corrected chi connectivity index (χ4v) is 11.7. The van der Waals surface area contributed by atoms with Crippen molar-refractivity contribution in [1.82, 2.24) is 40.0 Å². The number of hydrogen-bond donors (Lipinski definition) is 4. The van der Waals surface area contributed by atoms with Gasteiger partial charge in [0, 0.05) is 146 Å². The van der Waals surface area contributed by atoms with E-state index in [0.717, 1.165) is 87.3 Å². The van der Waals surface area contributed by atoms with E-state index in [4.69, 9.17) is 15.6 Å². The van der Waals surface area contributed by atoms with Crippen LogP contribution in [0.15, 0.2) is 297 Å². The van der Waals surface area contributed by atoms with Crippen LogP contribution in [-0.4, -0.2) is 98.6 Å². The second-order valence-electron chi connectivity index (χ2n) is 29.1. The largest absolute Gasteiger partial charge is 1.00 e. The maximum Gasteiger partial charge on any atom is 1.00 e. The van der Waals surface area contributed by atoms with Crippen molar-refractivity contribution in [3.05, 3.63) is 388 Å². The van der Waals surface area contributed by atoms with Crippen molar-refractivity contribution in [2.45, 2.75) is 191 Å². The maximum absolute atomic E-state index is 12.2. The molecule has 0 saturated heterocycles. The average Bonchev–Trinajstić information content (AvgIpc) is 0.818. The van der Waals surface area contributed by atoms with Crippen molar-refractivity contribution >= 4 is 56.9 Å². The predicted octanol–water partition coefficient (Wildman–Crippen LogP) is 15.3. The summed E-state index contributed by atoms with van der Waals surface area (Å²) in [6, 6.07) is 83.7. The van der Waals surface area contributed by atoms with E-state index >= 15 is 0 Å². The summed E-state index contributed by atoms with van der Waals surface area (Å²) in [4.78, 5) is 59.3. The van der Waals surface area contributed by atoms with Gasteiger partial charge in [0.1, 0.15) is 11.4 Å². The van der Waals surface area contributed by atoms with E-state index in [1.165, 1.54) is 52.8 Å². The molecule has 11 rings (SSSR count). The zero-order valence-electron chi connectivity index (χ0n) is 73.8. The van der Waals surface area contributed by atoms with E-state index in [9.17, 15) is 19.5 Å². The van der Waals surface area contributed by atoms with Crippen LogP contribution in [0.25, 0.3) is 6.08 Å². The number of aliphatic hydroxyl groups is 2. The molecule has 5 heterocycles. The molecule has 622 valence electrons. The topological polar surface area (TPSA) is 210 Å². The van der Waals surface area contributed by atoms with Crippen LogP contribution < -0.4 is 48.8 Å². The zero-order chi connectivity index (χ0) is 85.1. The van der Waals surface area contributed by atoms with Gasteiger partial charge in [0.15, 0.2) is 23.1 Å². The van der Waals surface area contributed by atoms with E-state index in [1.54, 1.807) is 31.6 Å². The number of benzene rings is 6. The van der Waals surface area contributed by atoms with Gasteiger partial charge in [0.25, 0.3) is 0 Å². The van der Waals surface area contributed by atoms with Crippen molar-refractivity contribution in [3.63, 3.8) is 0 Å². The van der Waals surface area contributed by atoms with Gasteiger partial charge in [-0.15, -0.1) is 0 Å². The van der Waals surface area contributed by atoms with Crippen LogP contribution in [0.3, 0.4) is 0 Å². The van der Waals surface area contributed by atoms with Gasteiger partial charge in [-0.25, -0.2) is 4.79 Å². The van der Waals surface area contributed by atoms with Gasteiger partial charge in [-0.3, -0.25) is 44.3 Å². The SMILES string of the molecule is C=CC(=O)OC(C)(C)C.CC(=O)/C=C/c1ccc(C)nc1.CC(=O)C[C@H](c1ccc(C)nc1)N(Cc1ccccc1)[C@@H](C)c1ccccc1.C[C@H](NCc1ccccc1)c1ccccc1.Cc1ccc(Br)cn1.Cc1ccc([C@@H](CCO)N(Cc2ccccc2)[C@@H](C)c2ccccc2)cn1.Cc1ccc([C@H](N)CCO)cn1.[AlH3].[CH2-]CCC.[H-].[Li+].[Li+]. The molecular weight excluding hydrogens is 1540 g/mol. The number of nitrogens with zero attached hydrogens (tertiary/aromatic N) is 7. The van der Waals surface area contributed by atoms with Gasteiger partial charge >= 0.3 is 43.7 Å². The number of nitrogens with two attached hydrogens (primary N) is 1. The first-order valence-electron chi connectivity index (χ1n) is 39.8. The van der Waals surface area contributed by atoms with Gasteiger partial charge in [-0.1, -0.05) is 226 Å². The summed E-state index contributed by atoms with van der Waals surface area (Å²) in [5.41, 5.74) is 22.2. The Kier molecular flexibility index (Phi) is 56.9. The molecule has 6 aromatic carbocycles. The molecule has 0 aliphatic heterocycles. The Labute approximate surface area is 756 Å². The molecule has 0 saturated carbocycles. The molecule has 5 aromatic heterocycles. The number of rotatable bonds is 27. The van der Waals surface area contributed by atoms with Crippen LogP contribution in [-0.2, 0) is 38.8 Å². The monoisotopic (exact) mass is 1670 g/mol. The summed E-state index contributed by atoms with van der Waals surface area (Å²) in [5.74, 6) is -0.137. The Morgan fingerprint density at radius 2 is 0.882 bits per heavy atom. The Balaban J connectivity index is 0.00000142. The molecule has 0 aliphatic rings. The van der Waals surface area contributed by atoms with Crippen LogP contribution in [0.4, 0.5) is 0 Å². The number of aryl methyl sites for hydroxylation is 5. The van der Waals surface area contributed by atoms with E-state index in [2.05, 4.69) is 255 Å². The number of halogens is 1. The molecule has 0 spiro atoms. The molecule has 5 N–H and O–H groups in total. The number of unbranched alkanes of at least 4 members (excludes halogenated alkanes) is 1. The van der Waals surface area contributed by atoms with Gasteiger partial charge < -0.3 is 34.4 Å². The van der Waals surface area contributed by atoms with Gasteiger partial charge in [-0.2, -0.15) is 6.42 Å². The molecule has 0 amide bonds. The predicted molar refractivity (Wildman–Crippen MR) is 493 cm³/mol. The molecule has 19 heteroatoms. The van der Waals surface area contributed by atoms with Crippen LogP contribution in [0, 0.1) is 41.5 Å². The first kappa shape index (κ1) is 108. The Morgan fingerprint density at radius 3 is 1.21 bits per heavy atom. The van der Waals surface area contributed by atoms with Crippen LogP contribution in [0.5, 0.6) is 0 Å². The third-order valence-electron chi connectivity index (χ3n) is 18.1. The smallest absolute Gasteiger partial charge is 1.00 e. The summed E-state index contributed by atoms with van der Waals surface area (Å²) in [7, 11) is 0. The number of pyridine rings is 5. The summed E-state index contributed by atoms with van der Waals surface area (Å²) in [5, 5.41) is 21.9. The summed E-state index contributed by atoms with van der Waals surface area (Å²) in [6.07, 6.45) is 17.6. The van der Waals surface area contributed by atoms with Crippen LogP contribution >= 0.6 is 15.9 Å². The second-order valence-corrected chi connectivity index (χ2v) is 30.1. The summed E-state index contributed by atoms with van der Waals surface area (Å²) < 4.78 is 5.86. The number of esters is 1. The van der Waals surface area contributed by atoms with Crippen LogP contribution in [0.1, 0.15) is 216 Å². The molecule has 119 heavy (non-hydrogen) atoms. The fraction of sp³-hybridized carbons (Fsp3) is 0.310. The standard InChI is InChI=1S/C25H28N2O.C24H28N2O.C15H17N.C10H11NO.C9H14N2O.C7H12O2.C6H6BrN.C4H9.Al.2Li.4H/c1-19-14-15-24(17-26-19)25(16-20(2)28)27(18-22-10-6-4-7-11-22)21(3)23-12-8-5-9-13-23;1-19-13-14-23(17-25-19)24(15-16-27)26(18-21-9-5-3-6-10-21)20(2)22-11-7-4-8-12-22;1-13(15-10-6-3-7-11-15)16-12-14-8-4-2-5-9-14;1-8-3-5-10(7-11-8)6-4-9(2)12;1-7-2-3-8(6-11-7)9(10)4-5-12;1-5-6(8)9-7(2,3)4;1-5-2-3-6(7)4-8-5;1-3-4-2;;;;;;;/h4-15,17,21,25H,16,18H2,1-3H3;3-14,17,20,24,27H,15-16,18H2,1-2H3;2-11,13,16H,12H2,1H3;3-7H,1-2H3;2-3,6,9,12H,4-5,10H2,1H3;5H,1H2,2-4H3;2-4H,1H3;1,3-4H2,2H3;;;;;;;/q;;;;;;;-1;;2*+1;;;;-1/b;;;6-4+;;;;;;;;;;;/t21-,25+;20-,24+;13-;;9-;;;;;;;;;;/m000.1........../s1. The molecule has 0 aliphatic carbocycles. The number of allylic oxidation sites excluding steroid dienone is 1. The number of ether oxygens (including phenoxy) is 1. The number of aliphatic hydroxyl groups excluding tert-OH is 2. The van der Waals surface area contributed by atoms with Crippen molar-refractivity contribution < 1.29 is 68.5 Å². The first-order valence-corrected chi connectivity index (χ1v) is 40.6. The zero-order valence-corrected chi connectivity index (χ0v) is 74.4. The number of hydrogen-bond acceptors (Lipinski definition) is 15. The number of carbonyl (C=O) groups excluding carboxylic acids is 3. The fourth-order valence-electron chi connectivity index (χ4n) is 11.5. The number of carbonyl (C=O) groups is 3. The minimum atomic E-state index is -0.398. The molecule has 11 aromatic rings. The van der Waals surface area contributed by atoms with Crippen molar-refractivity contribution in [2.24, 2.45) is 5.73 Å². The van der Waals surface area contributed by atoms with Gasteiger partial charge in [0.2, 0.25) is 0 Å². The Morgan fingerprint density at radius 1 is 0.521 bits per heavy atom. The molecule has 0 unspecified atom stereocenters. The molecular formula is C100H129AlBrLi2N9O6. The second kappa shape index (κ2) is 62.5. The van der Waals surface area contributed by atoms with Crippen molar-refractivity contribution in [3.8, 4) is 0 Å².